The number of nitrogens with zero attached hydrogens (tertiary/aromatic N) is 2. The molecular weight excluding hydrogens is 176 g/mol. The Hall–Kier alpha value is -1.30. The highest BCUT2D eigenvalue weighted by Crippen LogP contribution is 2.46. The molecule has 0 aromatic carbocycles. The van der Waals surface area contributed by atoms with E-state index in [0.29, 0.717) is 13.1 Å². The first-order chi connectivity index (χ1) is 6.70. The molecule has 0 saturated heterocycles. The van der Waals surface area contributed by atoms with Gasteiger partial charge in [0.2, 0.25) is 5.91 Å². The predicted molar refractivity (Wildman–Crippen MR) is 54.3 cm³/mol. The van der Waals surface area contributed by atoms with Crippen molar-refractivity contribution in [2.24, 2.45) is 5.41 Å². The van der Waals surface area contributed by atoms with E-state index in [4.69, 9.17) is 5.26 Å². The first kappa shape index (κ1) is 10.8. The van der Waals surface area contributed by atoms with Gasteiger partial charge in [-0.25, -0.2) is 0 Å². The molecule has 76 valence electrons. The van der Waals surface area contributed by atoms with Gasteiger partial charge >= 0.3 is 0 Å². The van der Waals surface area contributed by atoms with Crippen LogP contribution in [-0.2, 0) is 4.79 Å². The van der Waals surface area contributed by atoms with Crippen molar-refractivity contribution in [3.8, 4) is 6.07 Å². The average molecular weight is 192 g/mol. The van der Waals surface area contributed by atoms with Crippen LogP contribution in [0.1, 0.15) is 26.2 Å². The van der Waals surface area contributed by atoms with Gasteiger partial charge in [0.1, 0.15) is 5.41 Å². The molecule has 1 saturated carbocycles. The summed E-state index contributed by atoms with van der Waals surface area (Å²) in [7, 11) is 0. The average Bonchev–Trinajstić information content (AvgIpc) is 2.97. The van der Waals surface area contributed by atoms with Gasteiger partial charge in [-0.15, -0.1) is 6.58 Å². The van der Waals surface area contributed by atoms with Crippen LogP contribution in [-0.4, -0.2) is 23.9 Å². The van der Waals surface area contributed by atoms with Crippen LogP contribution in [0.5, 0.6) is 0 Å². The minimum atomic E-state index is -0.682. The normalized spacial score (nSPS) is 16.9. The number of rotatable bonds is 5. The first-order valence-corrected chi connectivity index (χ1v) is 5.01. The fraction of sp³-hybridized carbons (Fsp3) is 0.636. The van der Waals surface area contributed by atoms with Crippen LogP contribution in [0.25, 0.3) is 0 Å². The number of hydrogen-bond donors (Lipinski definition) is 0. The smallest absolute Gasteiger partial charge is 0.243 e. The van der Waals surface area contributed by atoms with Crippen LogP contribution in [0, 0.1) is 16.7 Å². The number of carbonyl (C=O) groups is 1. The lowest BCUT2D eigenvalue weighted by Crippen LogP contribution is -2.37. The molecule has 0 aromatic heterocycles. The van der Waals surface area contributed by atoms with Crippen LogP contribution in [0.15, 0.2) is 12.7 Å². The van der Waals surface area contributed by atoms with Crippen LogP contribution in [0.2, 0.25) is 0 Å². The van der Waals surface area contributed by atoms with Crippen molar-refractivity contribution in [3.05, 3.63) is 12.7 Å². The van der Waals surface area contributed by atoms with Crippen LogP contribution < -0.4 is 0 Å². The SMILES string of the molecule is C=CCN(CCC)C(=O)C1(C#N)CC1. The first-order valence-electron chi connectivity index (χ1n) is 5.01. The monoisotopic (exact) mass is 192 g/mol. The Morgan fingerprint density at radius 3 is 2.71 bits per heavy atom. The fourth-order valence-electron chi connectivity index (χ4n) is 1.50. The van der Waals surface area contributed by atoms with Gasteiger partial charge in [0.25, 0.3) is 0 Å². The second kappa shape index (κ2) is 4.28. The molecule has 1 amide bonds. The molecule has 0 unspecified atom stereocenters. The maximum Gasteiger partial charge on any atom is 0.243 e. The Morgan fingerprint density at radius 2 is 2.36 bits per heavy atom. The standard InChI is InChI=1S/C11H16N2O/c1-3-7-13(8-4-2)10(14)11(9-12)5-6-11/h3H,1,4-8H2,2H3. The lowest BCUT2D eigenvalue weighted by atomic mass is 10.1. The van der Waals surface area contributed by atoms with Crippen molar-refractivity contribution >= 4 is 5.91 Å². The summed E-state index contributed by atoms with van der Waals surface area (Å²) in [6.07, 6.45) is 4.07. The van der Waals surface area contributed by atoms with E-state index in [2.05, 4.69) is 12.6 Å². The molecule has 0 N–H and O–H groups in total. The van der Waals surface area contributed by atoms with Gasteiger partial charge in [-0.2, -0.15) is 5.26 Å². The quantitative estimate of drug-likeness (QED) is 0.622. The van der Waals surface area contributed by atoms with E-state index >= 15 is 0 Å². The van der Waals surface area contributed by atoms with Gasteiger partial charge in [0.05, 0.1) is 6.07 Å². The molecule has 0 spiro atoms. The van der Waals surface area contributed by atoms with Crippen LogP contribution in [0.3, 0.4) is 0 Å². The molecule has 0 heterocycles. The van der Waals surface area contributed by atoms with E-state index in [-0.39, 0.29) is 5.91 Å². The van der Waals surface area contributed by atoms with E-state index in [9.17, 15) is 4.79 Å². The second-order valence-electron chi connectivity index (χ2n) is 3.73. The molecule has 1 rings (SSSR count). The van der Waals surface area contributed by atoms with E-state index in [0.717, 1.165) is 19.3 Å². The molecular formula is C11H16N2O. The van der Waals surface area contributed by atoms with Crippen LogP contribution in [0.4, 0.5) is 0 Å². The molecule has 1 aliphatic carbocycles. The Morgan fingerprint density at radius 1 is 1.71 bits per heavy atom. The number of amides is 1. The lowest BCUT2D eigenvalue weighted by Gasteiger charge is -2.22. The zero-order valence-corrected chi connectivity index (χ0v) is 8.62. The number of nitriles is 1. The van der Waals surface area contributed by atoms with Gasteiger partial charge in [-0.05, 0) is 19.3 Å². The summed E-state index contributed by atoms with van der Waals surface area (Å²) in [6, 6.07) is 2.12. The van der Waals surface area contributed by atoms with Crippen molar-refractivity contribution < 1.29 is 4.79 Å². The van der Waals surface area contributed by atoms with Crippen molar-refractivity contribution in [2.75, 3.05) is 13.1 Å². The molecule has 0 radical (unpaired) electrons. The Kier molecular flexibility index (Phi) is 3.29. The molecule has 3 heteroatoms. The summed E-state index contributed by atoms with van der Waals surface area (Å²) in [6.45, 7) is 6.91. The van der Waals surface area contributed by atoms with Gasteiger partial charge in [-0.1, -0.05) is 13.0 Å². The van der Waals surface area contributed by atoms with Crippen molar-refractivity contribution in [1.82, 2.24) is 4.90 Å². The Bertz CT molecular complexity index is 274. The molecule has 0 aliphatic heterocycles. The van der Waals surface area contributed by atoms with E-state index < -0.39 is 5.41 Å². The van der Waals surface area contributed by atoms with Gasteiger partial charge in [-0.3, -0.25) is 4.79 Å². The van der Waals surface area contributed by atoms with Crippen molar-refractivity contribution in [3.63, 3.8) is 0 Å². The molecule has 14 heavy (non-hydrogen) atoms. The third kappa shape index (κ3) is 1.95. The zero-order valence-electron chi connectivity index (χ0n) is 8.62. The number of carbonyl (C=O) groups excluding carboxylic acids is 1. The van der Waals surface area contributed by atoms with E-state index in [1.165, 1.54) is 0 Å². The minimum Gasteiger partial charge on any atom is -0.338 e. The summed E-state index contributed by atoms with van der Waals surface area (Å²) in [5.41, 5.74) is -0.682. The topological polar surface area (TPSA) is 44.1 Å². The lowest BCUT2D eigenvalue weighted by molar-refractivity contribution is -0.134. The molecule has 0 bridgehead atoms. The summed E-state index contributed by atoms with van der Waals surface area (Å²) >= 11 is 0. The Labute approximate surface area is 85.0 Å². The second-order valence-corrected chi connectivity index (χ2v) is 3.73. The van der Waals surface area contributed by atoms with Gasteiger partial charge in [0.15, 0.2) is 0 Å². The predicted octanol–water partition coefficient (Wildman–Crippen LogP) is 1.71. The molecule has 1 fully saturated rings. The summed E-state index contributed by atoms with van der Waals surface area (Å²) in [5, 5.41) is 8.89. The molecule has 1 aliphatic rings. The van der Waals surface area contributed by atoms with E-state index in [1.54, 1.807) is 11.0 Å². The summed E-state index contributed by atoms with van der Waals surface area (Å²) in [4.78, 5) is 13.6. The third-order valence-electron chi connectivity index (χ3n) is 2.50. The summed E-state index contributed by atoms with van der Waals surface area (Å²) in [5.74, 6) is -0.0123. The van der Waals surface area contributed by atoms with Crippen LogP contribution >= 0.6 is 0 Å². The highest BCUT2D eigenvalue weighted by atomic mass is 16.2. The molecule has 3 nitrogen and oxygen atoms in total. The number of hydrogen-bond acceptors (Lipinski definition) is 2. The minimum absolute atomic E-state index is 0.0123. The zero-order chi connectivity index (χ0) is 10.6. The fourth-order valence-corrected chi connectivity index (χ4v) is 1.50. The highest BCUT2D eigenvalue weighted by molar-refractivity contribution is 5.88. The summed E-state index contributed by atoms with van der Waals surface area (Å²) < 4.78 is 0. The highest BCUT2D eigenvalue weighted by Gasteiger charge is 2.52. The maximum absolute atomic E-state index is 11.9. The van der Waals surface area contributed by atoms with Crippen molar-refractivity contribution in [2.45, 2.75) is 26.2 Å². The third-order valence-corrected chi connectivity index (χ3v) is 2.50. The molecule has 0 atom stereocenters. The van der Waals surface area contributed by atoms with Gasteiger partial charge < -0.3 is 4.90 Å². The van der Waals surface area contributed by atoms with Gasteiger partial charge in [0, 0.05) is 13.1 Å². The largest absolute Gasteiger partial charge is 0.338 e. The van der Waals surface area contributed by atoms with E-state index in [1.807, 2.05) is 6.92 Å². The maximum atomic E-state index is 11.9. The Balaban J connectivity index is 2.64. The van der Waals surface area contributed by atoms with Crippen molar-refractivity contribution in [1.29, 1.82) is 5.26 Å². The molecule has 0 aromatic rings.